The van der Waals surface area contributed by atoms with Crippen LogP contribution in [0.1, 0.15) is 13.8 Å². The summed E-state index contributed by atoms with van der Waals surface area (Å²) in [7, 11) is 0. The number of amides is 1. The van der Waals surface area contributed by atoms with E-state index < -0.39 is 31.0 Å². The Balaban J connectivity index is 4.50. The fourth-order valence-corrected chi connectivity index (χ4v) is 0.729. The summed E-state index contributed by atoms with van der Waals surface area (Å²) in [5.74, 6) is -5.60. The third-order valence-electron chi connectivity index (χ3n) is 1.96. The van der Waals surface area contributed by atoms with E-state index in [2.05, 4.69) is 0 Å². The fourth-order valence-electron chi connectivity index (χ4n) is 0.729. The second-order valence-corrected chi connectivity index (χ2v) is 3.25. The second kappa shape index (κ2) is 5.55. The van der Waals surface area contributed by atoms with Crippen LogP contribution in [-0.4, -0.2) is 41.2 Å². The molecular weight excluding hydrogens is 224 g/mol. The average Bonchev–Trinajstić information content (AvgIpc) is 2.23. The van der Waals surface area contributed by atoms with Crippen molar-refractivity contribution >= 4 is 11.9 Å². The lowest BCUT2D eigenvalue weighted by Gasteiger charge is -2.14. The van der Waals surface area contributed by atoms with Gasteiger partial charge in [-0.25, -0.2) is 13.6 Å². The third kappa shape index (κ3) is 4.35. The highest BCUT2D eigenvalue weighted by atomic mass is 19.3. The summed E-state index contributed by atoms with van der Waals surface area (Å²) < 4.78 is 25.1. The van der Waals surface area contributed by atoms with Crippen molar-refractivity contribution in [3.05, 3.63) is 11.1 Å². The number of carbonyl (C=O) groups excluding carboxylic acids is 1. The van der Waals surface area contributed by atoms with E-state index in [-0.39, 0.29) is 11.1 Å². The number of halogens is 2. The van der Waals surface area contributed by atoms with Gasteiger partial charge in [-0.1, -0.05) is 0 Å². The van der Waals surface area contributed by atoms with Gasteiger partial charge in [0.15, 0.2) is 0 Å². The van der Waals surface area contributed by atoms with Gasteiger partial charge >= 0.3 is 5.97 Å². The molecule has 16 heavy (non-hydrogen) atoms. The van der Waals surface area contributed by atoms with Gasteiger partial charge in [-0.3, -0.25) is 4.79 Å². The van der Waals surface area contributed by atoms with E-state index in [0.29, 0.717) is 0 Å². The Hall–Kier alpha value is -1.50. The predicted molar refractivity (Wildman–Crippen MR) is 51.1 cm³/mol. The fraction of sp³-hybridized carbons (Fsp3) is 0.556. The third-order valence-corrected chi connectivity index (χ3v) is 1.96. The molecule has 5 nitrogen and oxygen atoms in total. The molecule has 0 heterocycles. The molecule has 0 aliphatic carbocycles. The lowest BCUT2D eigenvalue weighted by atomic mass is 10.1. The van der Waals surface area contributed by atoms with Gasteiger partial charge in [0.2, 0.25) is 5.91 Å². The molecule has 0 bridgehead atoms. The maximum absolute atomic E-state index is 12.5. The Morgan fingerprint density at radius 1 is 1.25 bits per heavy atom. The van der Waals surface area contributed by atoms with E-state index >= 15 is 0 Å². The van der Waals surface area contributed by atoms with Crippen LogP contribution in [-0.2, 0) is 9.59 Å². The zero-order chi connectivity index (χ0) is 12.9. The molecule has 0 rings (SSSR count). The van der Waals surface area contributed by atoms with Gasteiger partial charge < -0.3 is 15.5 Å². The van der Waals surface area contributed by atoms with Crippen molar-refractivity contribution in [2.24, 2.45) is 0 Å². The molecule has 0 aromatic rings. The van der Waals surface area contributed by atoms with Crippen LogP contribution >= 0.6 is 0 Å². The van der Waals surface area contributed by atoms with Crippen molar-refractivity contribution in [1.82, 2.24) is 5.32 Å². The molecule has 0 fully saturated rings. The minimum absolute atomic E-state index is 0.152. The number of nitrogens with one attached hydrogen (secondary N) is 1. The minimum Gasteiger partial charge on any atom is -0.478 e. The van der Waals surface area contributed by atoms with Gasteiger partial charge in [0.25, 0.3) is 5.92 Å². The maximum Gasteiger partial charge on any atom is 0.331 e. The summed E-state index contributed by atoms with van der Waals surface area (Å²) in [6.45, 7) is -0.00215. The molecule has 0 saturated carbocycles. The molecule has 0 unspecified atom stereocenters. The van der Waals surface area contributed by atoms with Crippen LogP contribution in [0.4, 0.5) is 8.78 Å². The number of aliphatic hydroxyl groups excluding tert-OH is 1. The topological polar surface area (TPSA) is 86.6 Å². The maximum atomic E-state index is 12.5. The monoisotopic (exact) mass is 237 g/mol. The average molecular weight is 237 g/mol. The zero-order valence-corrected chi connectivity index (χ0v) is 8.88. The number of alkyl halides is 2. The van der Waals surface area contributed by atoms with Crippen molar-refractivity contribution in [3.8, 4) is 0 Å². The van der Waals surface area contributed by atoms with Crippen molar-refractivity contribution < 1.29 is 28.6 Å². The minimum atomic E-state index is -3.41. The normalized spacial score (nSPS) is 13.1. The molecule has 0 aliphatic rings. The first kappa shape index (κ1) is 14.5. The summed E-state index contributed by atoms with van der Waals surface area (Å²) >= 11 is 0. The first-order valence-corrected chi connectivity index (χ1v) is 4.39. The van der Waals surface area contributed by atoms with Crippen LogP contribution in [0.5, 0.6) is 0 Å². The van der Waals surface area contributed by atoms with Gasteiger partial charge in [-0.05, 0) is 13.8 Å². The highest BCUT2D eigenvalue weighted by molar-refractivity contribution is 6.01. The summed E-state index contributed by atoms with van der Waals surface area (Å²) in [6, 6.07) is 0. The largest absolute Gasteiger partial charge is 0.478 e. The molecule has 0 aromatic heterocycles. The summed E-state index contributed by atoms with van der Waals surface area (Å²) in [5, 5.41) is 18.6. The lowest BCUT2D eigenvalue weighted by Crippen LogP contribution is -2.39. The molecule has 3 N–H and O–H groups in total. The highest BCUT2D eigenvalue weighted by Gasteiger charge is 2.28. The Morgan fingerprint density at radius 3 is 2.12 bits per heavy atom. The van der Waals surface area contributed by atoms with E-state index in [0.717, 1.165) is 0 Å². The number of rotatable bonds is 5. The quantitative estimate of drug-likeness (QED) is 0.594. The van der Waals surface area contributed by atoms with Gasteiger partial charge in [0, 0.05) is 11.1 Å². The lowest BCUT2D eigenvalue weighted by molar-refractivity contribution is -0.133. The Kier molecular flexibility index (Phi) is 5.03. The molecule has 7 heteroatoms. The van der Waals surface area contributed by atoms with Crippen LogP contribution in [0, 0.1) is 0 Å². The summed E-state index contributed by atoms with van der Waals surface area (Å²) in [4.78, 5) is 21.7. The summed E-state index contributed by atoms with van der Waals surface area (Å²) in [6.07, 6.45) is 0. The molecule has 0 aromatic carbocycles. The number of carboxylic acids is 1. The first-order valence-electron chi connectivity index (χ1n) is 4.39. The molecule has 0 spiro atoms. The van der Waals surface area contributed by atoms with E-state index in [9.17, 15) is 18.4 Å². The molecule has 92 valence electrons. The number of aliphatic hydroxyl groups is 1. The molecule has 0 aliphatic heterocycles. The van der Waals surface area contributed by atoms with Crippen LogP contribution in [0.15, 0.2) is 11.1 Å². The van der Waals surface area contributed by atoms with Crippen LogP contribution in [0.3, 0.4) is 0 Å². The van der Waals surface area contributed by atoms with E-state index in [4.69, 9.17) is 10.2 Å². The number of hydrogen-bond acceptors (Lipinski definition) is 3. The van der Waals surface area contributed by atoms with Gasteiger partial charge in [-0.15, -0.1) is 0 Å². The zero-order valence-electron chi connectivity index (χ0n) is 8.88. The smallest absolute Gasteiger partial charge is 0.331 e. The SMILES string of the molecule is CC(C(=O)O)=C(C)C(=O)NCC(F)(F)CO. The highest BCUT2D eigenvalue weighted by Crippen LogP contribution is 2.10. The number of hydrogen-bond donors (Lipinski definition) is 3. The van der Waals surface area contributed by atoms with E-state index in [1.165, 1.54) is 13.8 Å². The van der Waals surface area contributed by atoms with Crippen molar-refractivity contribution in [2.45, 2.75) is 19.8 Å². The Labute approximate surface area is 90.8 Å². The number of aliphatic carboxylic acids is 1. The van der Waals surface area contributed by atoms with E-state index in [1.807, 2.05) is 5.32 Å². The molecule has 1 amide bonds. The van der Waals surface area contributed by atoms with Gasteiger partial charge in [0.1, 0.15) is 6.61 Å². The number of carboxylic acid groups (broad SMARTS) is 1. The van der Waals surface area contributed by atoms with Crippen LogP contribution in [0.25, 0.3) is 0 Å². The molecule has 0 radical (unpaired) electrons. The van der Waals surface area contributed by atoms with Gasteiger partial charge in [-0.2, -0.15) is 0 Å². The predicted octanol–water partition coefficient (Wildman–Crippen LogP) is 0.151. The molecule has 0 atom stereocenters. The Morgan fingerprint density at radius 2 is 1.75 bits per heavy atom. The van der Waals surface area contributed by atoms with E-state index in [1.54, 1.807) is 0 Å². The van der Waals surface area contributed by atoms with Gasteiger partial charge in [0.05, 0.1) is 6.54 Å². The van der Waals surface area contributed by atoms with Crippen molar-refractivity contribution in [1.29, 1.82) is 0 Å². The summed E-state index contributed by atoms with van der Waals surface area (Å²) in [5.41, 5.74) is -0.369. The van der Waals surface area contributed by atoms with Crippen molar-refractivity contribution in [2.75, 3.05) is 13.2 Å². The molecular formula is C9H13F2NO4. The standard InChI is InChI=1S/C9H13F2NO4/c1-5(6(2)8(15)16)7(14)12-3-9(10,11)4-13/h13H,3-4H2,1-2H3,(H,12,14)(H,15,16). The Bertz CT molecular complexity index is 325. The van der Waals surface area contributed by atoms with Crippen LogP contribution < -0.4 is 5.32 Å². The molecule has 0 saturated heterocycles. The van der Waals surface area contributed by atoms with Crippen LogP contribution in [0.2, 0.25) is 0 Å². The van der Waals surface area contributed by atoms with Crippen molar-refractivity contribution in [3.63, 3.8) is 0 Å². The first-order chi connectivity index (χ1) is 7.21. The second-order valence-electron chi connectivity index (χ2n) is 3.25. The number of carbonyl (C=O) groups is 2.